The molecule has 25 heavy (non-hydrogen) atoms. The summed E-state index contributed by atoms with van der Waals surface area (Å²) in [5, 5.41) is 6.94. The van der Waals surface area contributed by atoms with E-state index in [0.717, 1.165) is 18.5 Å². The molecule has 3 aromatic rings. The van der Waals surface area contributed by atoms with Crippen LogP contribution >= 0.6 is 0 Å². The third-order valence-electron chi connectivity index (χ3n) is 4.57. The minimum Gasteiger partial charge on any atom is -0.442 e. The number of aryl methyl sites for hydroxylation is 2. The van der Waals surface area contributed by atoms with E-state index in [1.54, 1.807) is 19.2 Å². The van der Waals surface area contributed by atoms with Gasteiger partial charge in [0.05, 0.1) is 22.3 Å². The van der Waals surface area contributed by atoms with Crippen molar-refractivity contribution < 1.29 is 9.21 Å². The van der Waals surface area contributed by atoms with E-state index in [1.807, 2.05) is 13.0 Å². The Kier molecular flexibility index (Phi) is 3.45. The fraction of sp³-hybridized carbons (Fsp3) is 0.333. The van der Waals surface area contributed by atoms with Crippen molar-refractivity contribution in [2.24, 2.45) is 0 Å². The van der Waals surface area contributed by atoms with Crippen LogP contribution in [0, 0.1) is 13.8 Å². The number of fused-ring (bicyclic) bond motifs is 1. The van der Waals surface area contributed by atoms with E-state index in [2.05, 4.69) is 32.5 Å². The van der Waals surface area contributed by atoms with Gasteiger partial charge in [-0.3, -0.25) is 9.78 Å². The third-order valence-corrected chi connectivity index (χ3v) is 4.57. The Labute approximate surface area is 144 Å². The van der Waals surface area contributed by atoms with Gasteiger partial charge in [0.25, 0.3) is 5.91 Å². The van der Waals surface area contributed by atoms with Crippen LogP contribution in [0.4, 0.5) is 11.5 Å². The fourth-order valence-corrected chi connectivity index (χ4v) is 2.81. The maximum Gasteiger partial charge on any atom is 0.260 e. The van der Waals surface area contributed by atoms with E-state index < -0.39 is 0 Å². The fourth-order valence-electron chi connectivity index (χ4n) is 2.81. The number of anilines is 2. The molecule has 1 aliphatic rings. The molecule has 0 aliphatic heterocycles. The van der Waals surface area contributed by atoms with Crippen LogP contribution in [0.2, 0.25) is 0 Å². The molecular formula is C18H19N5O2. The predicted molar refractivity (Wildman–Crippen MR) is 94.7 cm³/mol. The Bertz CT molecular complexity index is 975. The molecule has 2 N–H and O–H groups in total. The van der Waals surface area contributed by atoms with Crippen LogP contribution in [0.15, 0.2) is 29.1 Å². The van der Waals surface area contributed by atoms with Crippen molar-refractivity contribution in [1.82, 2.24) is 15.0 Å². The van der Waals surface area contributed by atoms with E-state index >= 15 is 0 Å². The van der Waals surface area contributed by atoms with Crippen LogP contribution < -0.4 is 10.6 Å². The molecule has 0 unspecified atom stereocenters. The van der Waals surface area contributed by atoms with Gasteiger partial charge in [-0.2, -0.15) is 0 Å². The Hall–Kier alpha value is -2.96. The van der Waals surface area contributed by atoms with Crippen molar-refractivity contribution >= 4 is 28.5 Å². The summed E-state index contributed by atoms with van der Waals surface area (Å²) < 4.78 is 5.70. The Balaban J connectivity index is 1.77. The lowest BCUT2D eigenvalue weighted by Gasteiger charge is -2.13. The van der Waals surface area contributed by atoms with Gasteiger partial charge in [-0.15, -0.1) is 0 Å². The number of pyridine rings is 1. The summed E-state index contributed by atoms with van der Waals surface area (Å²) in [7, 11) is 0. The summed E-state index contributed by atoms with van der Waals surface area (Å²) in [5.74, 6) is 0.889. The molecule has 1 aliphatic carbocycles. The zero-order chi connectivity index (χ0) is 17.6. The second-order valence-corrected chi connectivity index (χ2v) is 6.71. The Morgan fingerprint density at radius 3 is 2.76 bits per heavy atom. The molecule has 4 rings (SSSR count). The molecule has 0 aromatic carbocycles. The van der Waals surface area contributed by atoms with E-state index in [0.29, 0.717) is 33.9 Å². The predicted octanol–water partition coefficient (Wildman–Crippen LogP) is 3.45. The molecule has 0 atom stereocenters. The van der Waals surface area contributed by atoms with E-state index in [9.17, 15) is 4.79 Å². The number of hydrogen-bond acceptors (Lipinski definition) is 6. The highest BCUT2D eigenvalue weighted by atomic mass is 16.3. The lowest BCUT2D eigenvalue weighted by molar-refractivity contribution is 0.102. The molecule has 7 heteroatoms. The number of hydrogen-bond donors (Lipinski definition) is 2. The molecule has 0 spiro atoms. The number of nitrogens with one attached hydrogen (secondary N) is 2. The highest BCUT2D eigenvalue weighted by molar-refractivity contribution is 6.15. The normalized spacial score (nSPS) is 15.2. The maximum absolute atomic E-state index is 12.9. The monoisotopic (exact) mass is 337 g/mol. The number of amides is 1. The van der Waals surface area contributed by atoms with Crippen molar-refractivity contribution in [3.8, 4) is 0 Å². The van der Waals surface area contributed by atoms with Crippen molar-refractivity contribution in [2.45, 2.75) is 39.2 Å². The number of carbonyl (C=O) groups is 1. The molecule has 0 radical (unpaired) electrons. The molecule has 0 bridgehead atoms. The summed E-state index contributed by atoms with van der Waals surface area (Å²) in [6, 6.07) is 3.60. The Morgan fingerprint density at radius 2 is 2.04 bits per heavy atom. The van der Waals surface area contributed by atoms with Gasteiger partial charge in [0, 0.05) is 11.7 Å². The molecule has 128 valence electrons. The first-order valence-electron chi connectivity index (χ1n) is 8.22. The lowest BCUT2D eigenvalue weighted by Crippen LogP contribution is -2.19. The zero-order valence-electron chi connectivity index (χ0n) is 14.4. The molecule has 3 heterocycles. The van der Waals surface area contributed by atoms with Crippen molar-refractivity contribution in [1.29, 1.82) is 0 Å². The van der Waals surface area contributed by atoms with Crippen LogP contribution in [-0.2, 0) is 0 Å². The molecule has 1 saturated carbocycles. The smallest absolute Gasteiger partial charge is 0.260 e. The highest BCUT2D eigenvalue weighted by Crippen LogP contribution is 2.40. The Morgan fingerprint density at radius 1 is 1.24 bits per heavy atom. The minimum absolute atomic E-state index is 0.0279. The lowest BCUT2D eigenvalue weighted by atomic mass is 10.1. The second kappa shape index (κ2) is 5.54. The average molecular weight is 337 g/mol. The molecule has 7 nitrogen and oxygen atoms in total. The van der Waals surface area contributed by atoms with Crippen LogP contribution in [-0.4, -0.2) is 26.4 Å². The van der Waals surface area contributed by atoms with Crippen molar-refractivity contribution in [2.75, 3.05) is 10.6 Å². The summed E-state index contributed by atoms with van der Waals surface area (Å²) in [5.41, 5.74) is 2.31. The van der Waals surface area contributed by atoms with Gasteiger partial charge in [-0.1, -0.05) is 0 Å². The molecule has 1 amide bonds. The average Bonchev–Trinajstić information content (AvgIpc) is 3.18. The summed E-state index contributed by atoms with van der Waals surface area (Å²) in [6.45, 7) is 5.74. The summed E-state index contributed by atoms with van der Waals surface area (Å²) in [6.07, 6.45) is 5.29. The molecule has 3 aromatic heterocycles. The number of rotatable bonds is 4. The van der Waals surface area contributed by atoms with Gasteiger partial charge in [0.1, 0.15) is 17.9 Å². The van der Waals surface area contributed by atoms with Crippen LogP contribution in [0.1, 0.15) is 41.6 Å². The summed E-state index contributed by atoms with van der Waals surface area (Å²) in [4.78, 5) is 25.6. The number of aromatic nitrogens is 3. The van der Waals surface area contributed by atoms with E-state index in [1.165, 1.54) is 6.33 Å². The second-order valence-electron chi connectivity index (χ2n) is 6.71. The van der Waals surface area contributed by atoms with Gasteiger partial charge in [-0.25, -0.2) is 9.97 Å². The first kappa shape index (κ1) is 15.6. The van der Waals surface area contributed by atoms with Gasteiger partial charge < -0.3 is 15.1 Å². The van der Waals surface area contributed by atoms with Gasteiger partial charge in [-0.05, 0) is 45.7 Å². The van der Waals surface area contributed by atoms with Crippen molar-refractivity contribution in [3.05, 3.63) is 41.7 Å². The van der Waals surface area contributed by atoms with Crippen molar-refractivity contribution in [3.63, 3.8) is 0 Å². The molecule has 0 saturated heterocycles. The third kappa shape index (κ3) is 2.82. The first-order chi connectivity index (χ1) is 12.0. The van der Waals surface area contributed by atoms with Crippen LogP contribution in [0.25, 0.3) is 11.1 Å². The largest absolute Gasteiger partial charge is 0.442 e. The SMILES string of the molecule is Cc1ncccc1NC(=O)c1c(C)oc2ncnc(NC3(C)CC3)c12. The van der Waals surface area contributed by atoms with Gasteiger partial charge in [0.15, 0.2) is 0 Å². The first-order valence-corrected chi connectivity index (χ1v) is 8.22. The van der Waals surface area contributed by atoms with Crippen LogP contribution in [0.5, 0.6) is 0 Å². The van der Waals surface area contributed by atoms with Crippen LogP contribution in [0.3, 0.4) is 0 Å². The summed E-state index contributed by atoms with van der Waals surface area (Å²) >= 11 is 0. The topological polar surface area (TPSA) is 92.9 Å². The minimum atomic E-state index is -0.258. The van der Waals surface area contributed by atoms with E-state index in [-0.39, 0.29) is 11.4 Å². The standard InChI is InChI=1S/C18H19N5O2/c1-10-12(5-4-8-19-10)22-16(24)13-11(2)25-17-14(13)15(20-9-21-17)23-18(3)6-7-18/h4-5,8-9H,6-7H2,1-3H3,(H,22,24)(H,20,21,23). The quantitative estimate of drug-likeness (QED) is 0.757. The van der Waals surface area contributed by atoms with E-state index in [4.69, 9.17) is 4.42 Å². The maximum atomic E-state index is 12.9. The molecular weight excluding hydrogens is 318 g/mol. The van der Waals surface area contributed by atoms with Gasteiger partial charge in [0.2, 0.25) is 5.71 Å². The zero-order valence-corrected chi connectivity index (χ0v) is 14.4. The highest BCUT2D eigenvalue weighted by Gasteiger charge is 2.38. The van der Waals surface area contributed by atoms with Gasteiger partial charge >= 0.3 is 0 Å². The number of nitrogens with zero attached hydrogens (tertiary/aromatic N) is 3. The number of carbonyl (C=O) groups excluding carboxylic acids is 1. The molecule has 1 fully saturated rings. The number of furan rings is 1.